The Bertz CT molecular complexity index is 1120. The van der Waals surface area contributed by atoms with Crippen LogP contribution in [0.5, 0.6) is 5.75 Å². The number of pyridine rings is 1. The molecular weight excluding hydrogens is 467 g/mol. The van der Waals surface area contributed by atoms with Crippen LogP contribution in [0.2, 0.25) is 0 Å². The van der Waals surface area contributed by atoms with Crippen LogP contribution in [0.15, 0.2) is 54.1 Å². The van der Waals surface area contributed by atoms with Gasteiger partial charge in [-0.25, -0.2) is 14.4 Å². The minimum Gasteiger partial charge on any atom is -0.497 e. The van der Waals surface area contributed by atoms with Crippen molar-refractivity contribution in [1.29, 1.82) is 0 Å². The molecule has 3 atom stereocenters. The van der Waals surface area contributed by atoms with Crippen molar-refractivity contribution in [1.82, 2.24) is 19.9 Å². The highest BCUT2D eigenvalue weighted by Gasteiger charge is 2.31. The van der Waals surface area contributed by atoms with E-state index < -0.39 is 12.1 Å². The van der Waals surface area contributed by atoms with Gasteiger partial charge in [-0.2, -0.15) is 0 Å². The largest absolute Gasteiger partial charge is 0.497 e. The molecule has 9 heteroatoms. The number of ether oxygens (including phenoxy) is 1. The molecular formula is C26H31FN4O3S. The van der Waals surface area contributed by atoms with Crippen LogP contribution >= 0.6 is 11.8 Å². The van der Waals surface area contributed by atoms with Crippen molar-refractivity contribution >= 4 is 28.6 Å². The van der Waals surface area contributed by atoms with E-state index in [9.17, 15) is 9.90 Å². The summed E-state index contributed by atoms with van der Waals surface area (Å²) in [6, 6.07) is 7.23. The Morgan fingerprint density at radius 3 is 2.89 bits per heavy atom. The lowest BCUT2D eigenvalue weighted by molar-refractivity contribution is -0.139. The molecule has 1 fully saturated rings. The second-order valence-electron chi connectivity index (χ2n) is 8.96. The molecule has 4 rings (SSSR count). The van der Waals surface area contributed by atoms with Crippen molar-refractivity contribution in [2.45, 2.75) is 36.8 Å². The number of alkyl halides is 1. The number of carboxylic acid groups (broad SMARTS) is 1. The Labute approximate surface area is 209 Å². The van der Waals surface area contributed by atoms with Gasteiger partial charge in [-0.3, -0.25) is 9.78 Å². The van der Waals surface area contributed by atoms with Gasteiger partial charge in [0, 0.05) is 54.1 Å². The molecule has 186 valence electrons. The zero-order valence-corrected chi connectivity index (χ0v) is 20.7. The third-order valence-electron chi connectivity index (χ3n) is 6.74. The van der Waals surface area contributed by atoms with Gasteiger partial charge in [-0.15, -0.1) is 11.8 Å². The molecule has 0 spiro atoms. The maximum absolute atomic E-state index is 15.4. The molecule has 0 saturated carbocycles. The van der Waals surface area contributed by atoms with Crippen molar-refractivity contribution in [2.75, 3.05) is 32.5 Å². The van der Waals surface area contributed by atoms with Gasteiger partial charge in [0.05, 0.1) is 12.6 Å². The molecule has 0 aliphatic carbocycles. The summed E-state index contributed by atoms with van der Waals surface area (Å²) in [5.74, 6) is 0.988. The van der Waals surface area contributed by atoms with E-state index in [2.05, 4.69) is 19.9 Å². The minimum atomic E-state index is -1.14. The summed E-state index contributed by atoms with van der Waals surface area (Å²) in [5, 5.41) is 10.2. The second kappa shape index (κ2) is 12.3. The average molecular weight is 499 g/mol. The van der Waals surface area contributed by atoms with Crippen LogP contribution in [0.3, 0.4) is 0 Å². The Balaban J connectivity index is 1.35. The van der Waals surface area contributed by atoms with E-state index >= 15 is 4.39 Å². The highest BCUT2D eigenvalue weighted by Crippen LogP contribution is 2.36. The highest BCUT2D eigenvalue weighted by atomic mass is 32.2. The Morgan fingerprint density at radius 2 is 2.11 bits per heavy atom. The van der Waals surface area contributed by atoms with Gasteiger partial charge >= 0.3 is 5.97 Å². The van der Waals surface area contributed by atoms with Gasteiger partial charge in [0.2, 0.25) is 0 Å². The number of hydrogen-bond acceptors (Lipinski definition) is 7. The SMILES string of the molecule is COc1ccc2nccc([C@@H](F)CC[C@@H]3CCN(CCSc4cncnc4)C[C@@H]3CC(=O)O)c2c1. The molecule has 1 N–H and O–H groups in total. The number of fused-ring (bicyclic) bond motifs is 1. The van der Waals surface area contributed by atoms with Crippen LogP contribution in [0.4, 0.5) is 4.39 Å². The topological polar surface area (TPSA) is 88.4 Å². The van der Waals surface area contributed by atoms with Crippen LogP contribution in [-0.2, 0) is 4.79 Å². The number of thioether (sulfide) groups is 1. The molecule has 0 unspecified atom stereocenters. The zero-order valence-electron chi connectivity index (χ0n) is 19.8. The Kier molecular flexibility index (Phi) is 8.87. The van der Waals surface area contributed by atoms with Gasteiger partial charge in [-0.05, 0) is 67.5 Å². The summed E-state index contributed by atoms with van der Waals surface area (Å²) >= 11 is 1.70. The number of likely N-dealkylation sites (tertiary alicyclic amines) is 1. The quantitative estimate of drug-likeness (QED) is 0.368. The molecule has 35 heavy (non-hydrogen) atoms. The maximum atomic E-state index is 15.4. The predicted octanol–water partition coefficient (Wildman–Crippen LogP) is 5.03. The molecule has 3 heterocycles. The first-order chi connectivity index (χ1) is 17.0. The monoisotopic (exact) mass is 498 g/mol. The van der Waals surface area contributed by atoms with Crippen molar-refractivity contribution in [3.63, 3.8) is 0 Å². The number of carboxylic acids is 1. The fraction of sp³-hybridized carbons (Fsp3) is 0.462. The Hall–Kier alpha value is -2.78. The van der Waals surface area contributed by atoms with Crippen molar-refractivity contribution < 1.29 is 19.0 Å². The average Bonchev–Trinajstić information content (AvgIpc) is 2.87. The Morgan fingerprint density at radius 1 is 1.29 bits per heavy atom. The third kappa shape index (κ3) is 6.89. The third-order valence-corrected chi connectivity index (χ3v) is 7.67. The fourth-order valence-corrected chi connectivity index (χ4v) is 5.77. The number of hydrogen-bond donors (Lipinski definition) is 1. The molecule has 2 aromatic heterocycles. The molecule has 1 aliphatic rings. The van der Waals surface area contributed by atoms with Gasteiger partial charge in [-0.1, -0.05) is 0 Å². The van der Waals surface area contributed by atoms with E-state index in [1.165, 1.54) is 6.33 Å². The number of aromatic nitrogens is 3. The van der Waals surface area contributed by atoms with Crippen molar-refractivity contribution in [2.24, 2.45) is 11.8 Å². The van der Waals surface area contributed by atoms with Crippen molar-refractivity contribution in [3.05, 3.63) is 54.7 Å². The number of benzene rings is 1. The summed E-state index contributed by atoms with van der Waals surface area (Å²) in [6.45, 7) is 2.51. The lowest BCUT2D eigenvalue weighted by Crippen LogP contribution is -2.42. The lowest BCUT2D eigenvalue weighted by atomic mass is 9.79. The van der Waals surface area contributed by atoms with Crippen LogP contribution in [0, 0.1) is 11.8 Å². The first kappa shape index (κ1) is 25.3. The summed E-state index contributed by atoms with van der Waals surface area (Å²) in [4.78, 5) is 27.3. The van der Waals surface area contributed by atoms with Gasteiger partial charge in [0.1, 0.15) is 18.2 Å². The van der Waals surface area contributed by atoms with E-state index in [4.69, 9.17) is 4.74 Å². The van der Waals surface area contributed by atoms with Crippen LogP contribution in [0.25, 0.3) is 10.9 Å². The van der Waals surface area contributed by atoms with Crippen LogP contribution in [0.1, 0.15) is 37.4 Å². The normalized spacial score (nSPS) is 19.5. The van der Waals surface area contributed by atoms with Crippen LogP contribution < -0.4 is 4.74 Å². The predicted molar refractivity (Wildman–Crippen MR) is 134 cm³/mol. The highest BCUT2D eigenvalue weighted by molar-refractivity contribution is 7.99. The van der Waals surface area contributed by atoms with Gasteiger partial charge in [0.15, 0.2) is 0 Å². The van der Waals surface area contributed by atoms with E-state index in [0.29, 0.717) is 24.2 Å². The van der Waals surface area contributed by atoms with Crippen LogP contribution in [-0.4, -0.2) is 63.4 Å². The van der Waals surface area contributed by atoms with Gasteiger partial charge < -0.3 is 14.7 Å². The molecule has 1 aliphatic heterocycles. The summed E-state index contributed by atoms with van der Waals surface area (Å²) in [6.07, 6.45) is 7.64. The molecule has 0 radical (unpaired) electrons. The standard InChI is InChI=1S/C26H31FN4O3S/c1-34-20-3-5-25-23(13-20)22(6-8-30-25)24(27)4-2-18-7-9-31(16-19(18)12-26(32)33)10-11-35-21-14-28-17-29-15-21/h3,5-6,8,13-15,17-19,24H,2,4,7,9-12,16H2,1H3,(H,32,33)/t18-,19+,24+/m1/s1. The first-order valence-electron chi connectivity index (χ1n) is 11.9. The van der Waals surface area contributed by atoms with Gasteiger partial charge in [0.25, 0.3) is 0 Å². The molecule has 3 aromatic rings. The summed E-state index contributed by atoms with van der Waals surface area (Å²) in [5.41, 5.74) is 1.35. The molecule has 7 nitrogen and oxygen atoms in total. The molecule has 0 bridgehead atoms. The van der Waals surface area contributed by atoms with E-state index in [1.54, 1.807) is 43.5 Å². The number of halogens is 1. The van der Waals surface area contributed by atoms with E-state index in [0.717, 1.165) is 47.6 Å². The zero-order chi connectivity index (χ0) is 24.6. The van der Waals surface area contributed by atoms with E-state index in [-0.39, 0.29) is 18.3 Å². The summed E-state index contributed by atoms with van der Waals surface area (Å²) < 4.78 is 20.7. The lowest BCUT2D eigenvalue weighted by Gasteiger charge is -2.38. The van der Waals surface area contributed by atoms with Crippen molar-refractivity contribution in [3.8, 4) is 5.75 Å². The number of nitrogens with zero attached hydrogens (tertiary/aromatic N) is 4. The van der Waals surface area contributed by atoms with E-state index in [1.807, 2.05) is 18.2 Å². The maximum Gasteiger partial charge on any atom is 0.303 e. The number of aliphatic carboxylic acids is 1. The fourth-order valence-electron chi connectivity index (χ4n) is 4.91. The number of piperidine rings is 1. The first-order valence-corrected chi connectivity index (χ1v) is 12.9. The number of methoxy groups -OCH3 is 1. The molecule has 0 amide bonds. The number of rotatable bonds is 11. The molecule has 1 aromatic carbocycles. The number of carbonyl (C=O) groups is 1. The smallest absolute Gasteiger partial charge is 0.303 e. The second-order valence-corrected chi connectivity index (χ2v) is 10.1. The minimum absolute atomic E-state index is 0.0211. The molecule has 1 saturated heterocycles. The summed E-state index contributed by atoms with van der Waals surface area (Å²) in [7, 11) is 1.59.